The van der Waals surface area contributed by atoms with Gasteiger partial charge in [-0.25, -0.2) is 0 Å². The predicted molar refractivity (Wildman–Crippen MR) is 129 cm³/mol. The van der Waals surface area contributed by atoms with E-state index in [1.54, 1.807) is 9.80 Å². The number of rotatable bonds is 3. The van der Waals surface area contributed by atoms with Gasteiger partial charge in [-0.05, 0) is 45.5 Å². The molecule has 0 aliphatic carbocycles. The fourth-order valence-corrected chi connectivity index (χ4v) is 5.12. The van der Waals surface area contributed by atoms with Crippen molar-refractivity contribution in [2.45, 2.75) is 13.0 Å². The van der Waals surface area contributed by atoms with Crippen molar-refractivity contribution in [3.8, 4) is 0 Å². The highest BCUT2D eigenvalue weighted by Gasteiger charge is 2.36. The third-order valence-corrected chi connectivity index (χ3v) is 6.80. The molecule has 0 saturated carbocycles. The molecule has 1 fully saturated rings. The lowest BCUT2D eigenvalue weighted by molar-refractivity contribution is -0.147. The summed E-state index contributed by atoms with van der Waals surface area (Å²) < 4.78 is 0. The summed E-state index contributed by atoms with van der Waals surface area (Å²) in [5.74, 6) is -0.910. The Morgan fingerprint density at radius 2 is 1.31 bits per heavy atom. The molecule has 2 amide bonds. The normalized spacial score (nSPS) is 15.9. The Bertz CT molecular complexity index is 1480. The molecule has 0 spiro atoms. The van der Waals surface area contributed by atoms with Gasteiger partial charge < -0.3 is 9.80 Å². The van der Waals surface area contributed by atoms with E-state index < -0.39 is 11.8 Å². The smallest absolute Gasteiger partial charge is 0.316 e. The molecule has 5 aromatic rings. The van der Waals surface area contributed by atoms with Crippen LogP contribution in [0.15, 0.2) is 84.9 Å². The van der Waals surface area contributed by atoms with E-state index in [2.05, 4.69) is 48.5 Å². The number of carbonyl (C=O) groups excluding carboxylic acids is 2. The monoisotopic (exact) mass is 418 g/mol. The Morgan fingerprint density at radius 1 is 0.656 bits per heavy atom. The van der Waals surface area contributed by atoms with Gasteiger partial charge in [0.05, 0.1) is 11.7 Å². The highest BCUT2D eigenvalue weighted by atomic mass is 16.2. The van der Waals surface area contributed by atoms with Gasteiger partial charge in [0.1, 0.15) is 0 Å². The summed E-state index contributed by atoms with van der Waals surface area (Å²) in [6.07, 6.45) is 0. The maximum Gasteiger partial charge on any atom is 0.316 e. The molecule has 0 radical (unpaired) electrons. The minimum atomic E-state index is -0.464. The van der Waals surface area contributed by atoms with Gasteiger partial charge in [-0.15, -0.1) is 0 Å². The molecule has 4 heteroatoms. The Balaban J connectivity index is 1.42. The van der Waals surface area contributed by atoms with E-state index in [4.69, 9.17) is 0 Å². The van der Waals surface area contributed by atoms with Gasteiger partial charge in [0.2, 0.25) is 0 Å². The first kappa shape index (κ1) is 18.8. The number of nitrogens with zero attached hydrogens (tertiary/aromatic N) is 2. The number of benzene rings is 5. The van der Waals surface area contributed by atoms with Crippen LogP contribution in [0.3, 0.4) is 0 Å². The number of carbonyl (C=O) groups is 2. The van der Waals surface area contributed by atoms with Crippen LogP contribution in [-0.2, 0) is 9.59 Å². The number of hydrogen-bond acceptors (Lipinski definition) is 2. The molecule has 1 aliphatic rings. The van der Waals surface area contributed by atoms with Gasteiger partial charge in [-0.2, -0.15) is 0 Å². The van der Waals surface area contributed by atoms with Crippen molar-refractivity contribution in [3.05, 3.63) is 90.5 Å². The highest BCUT2D eigenvalue weighted by Crippen LogP contribution is 2.39. The largest absolute Gasteiger partial charge is 0.326 e. The van der Waals surface area contributed by atoms with Gasteiger partial charge in [0.15, 0.2) is 0 Å². The van der Waals surface area contributed by atoms with Gasteiger partial charge in [0, 0.05) is 18.5 Å². The number of amides is 2. The molecule has 32 heavy (non-hydrogen) atoms. The SMILES string of the molecule is CC(c1ccccc1)N1CCN(c2ccc3ccc4cccc5ccc2c3c45)C(=O)C1=O. The summed E-state index contributed by atoms with van der Waals surface area (Å²) in [6, 6.07) is 28.5. The van der Waals surface area contributed by atoms with Crippen LogP contribution in [0.5, 0.6) is 0 Å². The molecule has 1 saturated heterocycles. The van der Waals surface area contributed by atoms with E-state index in [1.165, 1.54) is 16.2 Å². The average Bonchev–Trinajstić information content (AvgIpc) is 2.84. The Labute approximate surface area is 186 Å². The fourth-order valence-electron chi connectivity index (χ4n) is 5.12. The minimum absolute atomic E-state index is 0.142. The Hall–Kier alpha value is -3.92. The summed E-state index contributed by atoms with van der Waals surface area (Å²) in [7, 11) is 0. The van der Waals surface area contributed by atoms with Crippen LogP contribution in [0.2, 0.25) is 0 Å². The second-order valence-electron chi connectivity index (χ2n) is 8.48. The molecular weight excluding hydrogens is 396 g/mol. The molecule has 1 atom stereocenters. The quantitative estimate of drug-likeness (QED) is 0.286. The van der Waals surface area contributed by atoms with Crippen LogP contribution in [-0.4, -0.2) is 29.8 Å². The van der Waals surface area contributed by atoms with Crippen LogP contribution in [0.1, 0.15) is 18.5 Å². The summed E-state index contributed by atoms with van der Waals surface area (Å²) in [6.45, 7) is 2.96. The average molecular weight is 418 g/mol. The minimum Gasteiger partial charge on any atom is -0.326 e. The van der Waals surface area contributed by atoms with Gasteiger partial charge in [0.25, 0.3) is 0 Å². The topological polar surface area (TPSA) is 40.6 Å². The van der Waals surface area contributed by atoms with E-state index in [9.17, 15) is 9.59 Å². The molecule has 1 unspecified atom stereocenters. The lowest BCUT2D eigenvalue weighted by Gasteiger charge is -2.37. The van der Waals surface area contributed by atoms with Crippen LogP contribution < -0.4 is 4.90 Å². The summed E-state index contributed by atoms with van der Waals surface area (Å²) in [5.41, 5.74) is 1.84. The number of piperazine rings is 1. The molecule has 0 aromatic heterocycles. The first-order chi connectivity index (χ1) is 15.6. The standard InChI is InChI=1S/C28H22N2O2/c1-18(19-6-3-2-4-7-19)29-16-17-30(28(32)27(29)31)24-15-13-22-11-10-20-8-5-9-21-12-14-23(24)26(22)25(20)21/h2-15,18H,16-17H2,1H3. The van der Waals surface area contributed by atoms with Gasteiger partial charge in [-0.1, -0.05) is 78.9 Å². The molecule has 5 aromatic carbocycles. The van der Waals surface area contributed by atoms with Crippen LogP contribution in [0, 0.1) is 0 Å². The van der Waals surface area contributed by atoms with E-state index in [-0.39, 0.29) is 6.04 Å². The summed E-state index contributed by atoms with van der Waals surface area (Å²) in [4.78, 5) is 29.7. The van der Waals surface area contributed by atoms with Crippen molar-refractivity contribution in [2.24, 2.45) is 0 Å². The van der Waals surface area contributed by atoms with Crippen LogP contribution in [0.25, 0.3) is 32.3 Å². The van der Waals surface area contributed by atoms with Crippen molar-refractivity contribution >= 4 is 49.8 Å². The zero-order valence-electron chi connectivity index (χ0n) is 17.8. The molecule has 156 valence electrons. The molecule has 6 rings (SSSR count). The lowest BCUT2D eigenvalue weighted by Crippen LogP contribution is -2.55. The molecule has 1 aliphatic heterocycles. The second-order valence-corrected chi connectivity index (χ2v) is 8.48. The molecule has 0 bridgehead atoms. The second kappa shape index (κ2) is 7.06. The summed E-state index contributed by atoms with van der Waals surface area (Å²) in [5, 5.41) is 6.88. The van der Waals surface area contributed by atoms with Crippen molar-refractivity contribution in [2.75, 3.05) is 18.0 Å². The predicted octanol–water partition coefficient (Wildman–Crippen LogP) is 5.52. The van der Waals surface area contributed by atoms with Crippen LogP contribution >= 0.6 is 0 Å². The molecular formula is C28H22N2O2. The van der Waals surface area contributed by atoms with Crippen LogP contribution in [0.4, 0.5) is 5.69 Å². The lowest BCUT2D eigenvalue weighted by atomic mass is 9.93. The number of hydrogen-bond donors (Lipinski definition) is 0. The van der Waals surface area contributed by atoms with Crippen molar-refractivity contribution in [1.29, 1.82) is 0 Å². The maximum absolute atomic E-state index is 13.3. The van der Waals surface area contributed by atoms with Crippen molar-refractivity contribution in [1.82, 2.24) is 4.90 Å². The molecule has 0 N–H and O–H groups in total. The maximum atomic E-state index is 13.3. The Morgan fingerprint density at radius 3 is 2.06 bits per heavy atom. The fraction of sp³-hybridized carbons (Fsp3) is 0.143. The zero-order chi connectivity index (χ0) is 21.8. The highest BCUT2D eigenvalue weighted by molar-refractivity contribution is 6.42. The van der Waals surface area contributed by atoms with Gasteiger partial charge >= 0.3 is 11.8 Å². The van der Waals surface area contributed by atoms with E-state index in [1.807, 2.05) is 43.3 Å². The third-order valence-electron chi connectivity index (χ3n) is 6.80. The van der Waals surface area contributed by atoms with Crippen molar-refractivity contribution < 1.29 is 9.59 Å². The van der Waals surface area contributed by atoms with Crippen molar-refractivity contribution in [3.63, 3.8) is 0 Å². The Kier molecular flexibility index (Phi) is 4.15. The number of anilines is 1. The van der Waals surface area contributed by atoms with E-state index in [0.717, 1.165) is 27.4 Å². The molecule has 1 heterocycles. The third kappa shape index (κ3) is 2.69. The van der Waals surface area contributed by atoms with E-state index >= 15 is 0 Å². The molecule has 4 nitrogen and oxygen atoms in total. The zero-order valence-corrected chi connectivity index (χ0v) is 17.8. The summed E-state index contributed by atoms with van der Waals surface area (Å²) >= 11 is 0. The first-order valence-corrected chi connectivity index (χ1v) is 11.0. The van der Waals surface area contributed by atoms with E-state index in [0.29, 0.717) is 13.1 Å². The first-order valence-electron chi connectivity index (χ1n) is 11.0. The van der Waals surface area contributed by atoms with Gasteiger partial charge in [-0.3, -0.25) is 9.59 Å².